The average Bonchev–Trinajstić information content (AvgIpc) is 2.52. The molecule has 3 nitrogen and oxygen atoms in total. The molecule has 0 bridgehead atoms. The summed E-state index contributed by atoms with van der Waals surface area (Å²) in [7, 11) is -2.87. The third-order valence-corrected chi connectivity index (χ3v) is 3.59. The van der Waals surface area contributed by atoms with Crippen molar-refractivity contribution in [2.24, 2.45) is 0 Å². The van der Waals surface area contributed by atoms with Crippen LogP contribution in [0.1, 0.15) is 11.1 Å². The van der Waals surface area contributed by atoms with E-state index in [1.165, 1.54) is 32.7 Å². The molecule has 3 aromatic carbocycles. The molecule has 0 atom stereocenters. The van der Waals surface area contributed by atoms with Crippen LogP contribution in [0.5, 0.6) is 0 Å². The van der Waals surface area contributed by atoms with E-state index in [-0.39, 0.29) is 0 Å². The maximum absolute atomic E-state index is 8.70. The lowest BCUT2D eigenvalue weighted by molar-refractivity contribution is 0.405. The van der Waals surface area contributed by atoms with Gasteiger partial charge in [-0.1, -0.05) is 55.1 Å². The van der Waals surface area contributed by atoms with E-state index < -0.39 is 8.25 Å². The summed E-state index contributed by atoms with van der Waals surface area (Å²) in [5, 5.41) is 5.09. The van der Waals surface area contributed by atoms with Crippen LogP contribution in [0.4, 0.5) is 0 Å². The summed E-state index contributed by atoms with van der Waals surface area (Å²) >= 11 is 0. The maximum atomic E-state index is 8.70. The summed E-state index contributed by atoms with van der Waals surface area (Å²) in [5.41, 5.74) is 2.51. The minimum Gasteiger partial charge on any atom is -0.134 e. The molecule has 23 heavy (non-hydrogen) atoms. The summed E-state index contributed by atoms with van der Waals surface area (Å²) in [6, 6.07) is 17.3. The first kappa shape index (κ1) is 17.0. The van der Waals surface area contributed by atoms with Crippen LogP contribution in [0, 0.1) is 0 Å². The van der Waals surface area contributed by atoms with Gasteiger partial charge in [-0.05, 0) is 51.2 Å². The Hall–Kier alpha value is -2.32. The van der Waals surface area contributed by atoms with Crippen LogP contribution in [-0.2, 0) is 11.0 Å². The lowest BCUT2D eigenvalue weighted by Gasteiger charge is -2.10. The molecule has 0 saturated heterocycles. The minimum absolute atomic E-state index is 0.879. The van der Waals surface area contributed by atoms with Gasteiger partial charge in [-0.25, -0.2) is 0 Å². The summed E-state index contributed by atoms with van der Waals surface area (Å²) in [4.78, 5) is 14.2. The molecule has 0 amide bonds. The molecule has 4 heteroatoms. The molecular weight excluding hydrogens is 307 g/mol. The second-order valence-corrected chi connectivity index (χ2v) is 5.51. The molecule has 0 aliphatic carbocycles. The van der Waals surface area contributed by atoms with Crippen molar-refractivity contribution in [2.45, 2.75) is 6.42 Å². The van der Waals surface area contributed by atoms with Gasteiger partial charge in [0.05, 0.1) is 0 Å². The topological polar surface area (TPSA) is 57.5 Å². The van der Waals surface area contributed by atoms with E-state index in [9.17, 15) is 0 Å². The molecule has 3 rings (SSSR count). The van der Waals surface area contributed by atoms with Gasteiger partial charge in [-0.3, -0.25) is 0 Å². The molecule has 2 N–H and O–H groups in total. The van der Waals surface area contributed by atoms with Gasteiger partial charge >= 0.3 is 8.25 Å². The second-order valence-electron chi connectivity index (χ2n) is 5.01. The summed E-state index contributed by atoms with van der Waals surface area (Å²) in [6.07, 6.45) is 4.77. The van der Waals surface area contributed by atoms with Crippen LogP contribution in [0.2, 0.25) is 0 Å². The molecule has 0 aromatic heterocycles. The highest BCUT2D eigenvalue weighted by atomic mass is 31.1. The molecule has 3 aromatic rings. The monoisotopic (exact) mass is 325 g/mol. The van der Waals surface area contributed by atoms with Crippen LogP contribution in [0.3, 0.4) is 0 Å². The zero-order chi connectivity index (χ0) is 16.8. The SMILES string of the molecule is C=CCc1ccc2cc3ccccc3cc2c1C=C.O=[P+](O)O. The van der Waals surface area contributed by atoms with Gasteiger partial charge in [0.15, 0.2) is 0 Å². The molecule has 0 fully saturated rings. The first-order valence-corrected chi connectivity index (χ1v) is 8.26. The van der Waals surface area contributed by atoms with E-state index in [4.69, 9.17) is 14.4 Å². The highest BCUT2D eigenvalue weighted by molar-refractivity contribution is 7.30. The number of benzene rings is 3. The third-order valence-electron chi connectivity index (χ3n) is 3.59. The zero-order valence-corrected chi connectivity index (χ0v) is 13.5. The van der Waals surface area contributed by atoms with E-state index in [0.717, 1.165) is 6.42 Å². The lowest BCUT2D eigenvalue weighted by atomic mass is 9.94. The molecule has 0 heterocycles. The van der Waals surface area contributed by atoms with Gasteiger partial charge < -0.3 is 0 Å². The Kier molecular flexibility index (Phi) is 5.78. The maximum Gasteiger partial charge on any atom is 0.692 e. The minimum atomic E-state index is -2.87. The second kappa shape index (κ2) is 7.80. The quantitative estimate of drug-likeness (QED) is 0.405. The summed E-state index contributed by atoms with van der Waals surface area (Å²) in [5.74, 6) is 0. The van der Waals surface area contributed by atoms with Gasteiger partial charge in [0.1, 0.15) is 0 Å². The van der Waals surface area contributed by atoms with Gasteiger partial charge in [0.2, 0.25) is 0 Å². The Morgan fingerprint density at radius 1 is 0.957 bits per heavy atom. The number of rotatable bonds is 3. The van der Waals surface area contributed by atoms with Crippen molar-refractivity contribution in [3.05, 3.63) is 78.9 Å². The molecule has 0 aliphatic rings. The molecule has 0 aliphatic heterocycles. The normalized spacial score (nSPS) is 10.0. The first-order valence-electron chi connectivity index (χ1n) is 7.09. The highest BCUT2D eigenvalue weighted by Gasteiger charge is 2.05. The van der Waals surface area contributed by atoms with Crippen LogP contribution >= 0.6 is 8.25 Å². The molecule has 0 spiro atoms. The van der Waals surface area contributed by atoms with E-state index in [1.54, 1.807) is 0 Å². The largest absolute Gasteiger partial charge is 0.692 e. The van der Waals surface area contributed by atoms with Crippen molar-refractivity contribution < 1.29 is 14.4 Å². The lowest BCUT2D eigenvalue weighted by Crippen LogP contribution is -1.89. The summed E-state index contributed by atoms with van der Waals surface area (Å²) in [6.45, 7) is 7.80. The van der Waals surface area contributed by atoms with Crippen molar-refractivity contribution in [1.82, 2.24) is 0 Å². The van der Waals surface area contributed by atoms with Crippen LogP contribution in [-0.4, -0.2) is 9.79 Å². The Balaban J connectivity index is 0.000000433. The molecule has 0 saturated carbocycles. The smallest absolute Gasteiger partial charge is 0.134 e. The Labute approximate surface area is 136 Å². The number of hydrogen-bond donors (Lipinski definition) is 2. The molecule has 0 radical (unpaired) electrons. The van der Waals surface area contributed by atoms with Crippen LogP contribution in [0.15, 0.2) is 67.8 Å². The van der Waals surface area contributed by atoms with Crippen LogP contribution < -0.4 is 0 Å². The van der Waals surface area contributed by atoms with Crippen molar-refractivity contribution in [3.8, 4) is 0 Å². The van der Waals surface area contributed by atoms with Gasteiger partial charge in [-0.2, -0.15) is 0 Å². The van der Waals surface area contributed by atoms with E-state index in [0.29, 0.717) is 0 Å². The third kappa shape index (κ3) is 4.11. The predicted octanol–water partition coefficient (Wildman–Crippen LogP) is 4.99. The highest BCUT2D eigenvalue weighted by Crippen LogP contribution is 2.28. The average molecular weight is 325 g/mol. The van der Waals surface area contributed by atoms with Crippen molar-refractivity contribution in [1.29, 1.82) is 0 Å². The van der Waals surface area contributed by atoms with Crippen molar-refractivity contribution in [3.63, 3.8) is 0 Å². The molecular formula is C19H18O3P+. The molecule has 116 valence electrons. The fraction of sp³-hybridized carbons (Fsp3) is 0.0526. The first-order chi connectivity index (χ1) is 11.1. The Morgan fingerprint density at radius 2 is 1.57 bits per heavy atom. The fourth-order valence-corrected chi connectivity index (χ4v) is 2.66. The van der Waals surface area contributed by atoms with Gasteiger partial charge in [-0.15, -0.1) is 16.4 Å². The standard InChI is InChI=1S/C19H16.HO3P/c1-3-7-14-10-11-17-12-15-8-5-6-9-16(15)13-19(17)18(14)4-2;1-4(2)3/h3-6,8-13H,1-2,7H2;(H-,1,2,3)/p+1. The van der Waals surface area contributed by atoms with Gasteiger partial charge in [0.25, 0.3) is 0 Å². The summed E-state index contributed by atoms with van der Waals surface area (Å²) < 4.78 is 8.70. The number of hydrogen-bond acceptors (Lipinski definition) is 1. The Bertz CT molecular complexity index is 880. The van der Waals surface area contributed by atoms with E-state index >= 15 is 0 Å². The molecule has 0 unspecified atom stereocenters. The van der Waals surface area contributed by atoms with Crippen LogP contribution in [0.25, 0.3) is 27.6 Å². The predicted molar refractivity (Wildman–Crippen MR) is 97.5 cm³/mol. The number of fused-ring (bicyclic) bond motifs is 2. The van der Waals surface area contributed by atoms with E-state index in [1.807, 2.05) is 12.2 Å². The number of allylic oxidation sites excluding steroid dienone is 1. The zero-order valence-electron chi connectivity index (χ0n) is 12.6. The Morgan fingerprint density at radius 3 is 2.13 bits per heavy atom. The van der Waals surface area contributed by atoms with Crippen molar-refractivity contribution >= 4 is 35.9 Å². The van der Waals surface area contributed by atoms with Gasteiger partial charge in [0, 0.05) is 4.57 Å². The van der Waals surface area contributed by atoms with E-state index in [2.05, 4.69) is 61.7 Å². The van der Waals surface area contributed by atoms with Crippen molar-refractivity contribution in [2.75, 3.05) is 0 Å². The fourth-order valence-electron chi connectivity index (χ4n) is 2.66.